The van der Waals surface area contributed by atoms with Crippen LogP contribution in [-0.4, -0.2) is 67.8 Å². The first-order valence-electron chi connectivity index (χ1n) is 5.44. The van der Waals surface area contributed by atoms with Gasteiger partial charge in [-0.2, -0.15) is 13.2 Å². The van der Waals surface area contributed by atoms with E-state index < -0.39 is 18.8 Å². The van der Waals surface area contributed by atoms with Crippen LogP contribution in [0, 0.1) is 0 Å². The Labute approximate surface area is 98.3 Å². The van der Waals surface area contributed by atoms with Gasteiger partial charge in [-0.3, -0.25) is 4.90 Å². The number of methoxy groups -OCH3 is 1. The molecule has 17 heavy (non-hydrogen) atoms. The summed E-state index contributed by atoms with van der Waals surface area (Å²) in [6.07, 6.45) is -7.29. The monoisotopic (exact) mass is 257 g/mol. The Kier molecular flexibility index (Phi) is 5.18. The molecule has 1 fully saturated rings. The van der Waals surface area contributed by atoms with Gasteiger partial charge in [-0.05, 0) is 6.92 Å². The molecule has 0 aliphatic carbocycles. The Hall–Kier alpha value is -0.370. The highest BCUT2D eigenvalue weighted by Gasteiger charge is 2.40. The molecule has 0 bridgehead atoms. The topological polar surface area (TPSA) is 41.9 Å². The third-order valence-electron chi connectivity index (χ3n) is 2.56. The second-order valence-corrected chi connectivity index (χ2v) is 4.30. The quantitative estimate of drug-likeness (QED) is 0.802. The highest BCUT2D eigenvalue weighted by molar-refractivity contribution is 4.79. The van der Waals surface area contributed by atoms with Gasteiger partial charge in [0.05, 0.1) is 18.8 Å². The van der Waals surface area contributed by atoms with Crippen molar-refractivity contribution in [2.24, 2.45) is 0 Å². The van der Waals surface area contributed by atoms with E-state index in [1.807, 2.05) is 0 Å². The minimum absolute atomic E-state index is 0.163. The van der Waals surface area contributed by atoms with E-state index in [2.05, 4.69) is 0 Å². The number of halogens is 3. The Balaban J connectivity index is 2.47. The van der Waals surface area contributed by atoms with Gasteiger partial charge in [-0.15, -0.1) is 0 Å². The van der Waals surface area contributed by atoms with E-state index in [1.165, 1.54) is 7.11 Å². The van der Waals surface area contributed by atoms with Gasteiger partial charge in [0, 0.05) is 26.7 Å². The van der Waals surface area contributed by atoms with Crippen LogP contribution in [0.1, 0.15) is 6.92 Å². The summed E-state index contributed by atoms with van der Waals surface area (Å²) in [4.78, 5) is 1.55. The molecule has 0 radical (unpaired) electrons. The molecule has 1 saturated heterocycles. The zero-order valence-corrected chi connectivity index (χ0v) is 9.91. The summed E-state index contributed by atoms with van der Waals surface area (Å²) in [7, 11) is 1.51. The van der Waals surface area contributed by atoms with E-state index in [0.717, 1.165) is 0 Å². The maximum Gasteiger partial charge on any atom is 0.415 e. The summed E-state index contributed by atoms with van der Waals surface area (Å²) in [5.74, 6) is 0. The van der Waals surface area contributed by atoms with Crippen molar-refractivity contribution in [3.63, 3.8) is 0 Å². The standard InChI is InChI=1S/C10H18F3NO3/c1-7-3-14(4-8(17-7)6-16-2)5-9(15)10(11,12)13/h7-9,15H,3-6H2,1-2H3/t7-,8-,9+/m0/s1. The van der Waals surface area contributed by atoms with Crippen LogP contribution >= 0.6 is 0 Å². The number of aliphatic hydroxyl groups is 1. The van der Waals surface area contributed by atoms with E-state index in [0.29, 0.717) is 19.7 Å². The van der Waals surface area contributed by atoms with Crippen LogP contribution in [-0.2, 0) is 9.47 Å². The zero-order valence-electron chi connectivity index (χ0n) is 9.91. The van der Waals surface area contributed by atoms with E-state index >= 15 is 0 Å². The predicted octanol–water partition coefficient (Wildman–Crippen LogP) is 0.645. The maximum absolute atomic E-state index is 12.2. The van der Waals surface area contributed by atoms with Crippen molar-refractivity contribution < 1.29 is 27.8 Å². The average molecular weight is 257 g/mol. The van der Waals surface area contributed by atoms with Gasteiger partial charge in [0.2, 0.25) is 0 Å². The summed E-state index contributed by atoms with van der Waals surface area (Å²) in [5.41, 5.74) is 0. The van der Waals surface area contributed by atoms with Crippen molar-refractivity contribution in [2.75, 3.05) is 33.4 Å². The molecule has 1 heterocycles. The second kappa shape index (κ2) is 5.99. The molecule has 0 spiro atoms. The number of morpholine rings is 1. The molecule has 1 rings (SSSR count). The van der Waals surface area contributed by atoms with Crippen LogP contribution < -0.4 is 0 Å². The van der Waals surface area contributed by atoms with Gasteiger partial charge in [0.25, 0.3) is 0 Å². The van der Waals surface area contributed by atoms with Crippen LogP contribution in [0.15, 0.2) is 0 Å². The van der Waals surface area contributed by atoms with Crippen molar-refractivity contribution >= 4 is 0 Å². The van der Waals surface area contributed by atoms with Crippen LogP contribution in [0.5, 0.6) is 0 Å². The molecule has 4 nitrogen and oxygen atoms in total. The maximum atomic E-state index is 12.2. The van der Waals surface area contributed by atoms with Gasteiger partial charge in [0.15, 0.2) is 6.10 Å². The Bertz CT molecular complexity index is 237. The number of rotatable bonds is 4. The lowest BCUT2D eigenvalue weighted by Crippen LogP contribution is -2.52. The highest BCUT2D eigenvalue weighted by atomic mass is 19.4. The number of ether oxygens (including phenoxy) is 2. The first-order valence-corrected chi connectivity index (χ1v) is 5.44. The lowest BCUT2D eigenvalue weighted by molar-refractivity contribution is -0.213. The molecule has 0 saturated carbocycles. The van der Waals surface area contributed by atoms with Gasteiger partial charge in [-0.25, -0.2) is 0 Å². The third kappa shape index (κ3) is 4.79. The number of hydrogen-bond donors (Lipinski definition) is 1. The fourth-order valence-corrected chi connectivity index (χ4v) is 1.92. The molecular weight excluding hydrogens is 239 g/mol. The van der Waals surface area contributed by atoms with Gasteiger partial charge in [-0.1, -0.05) is 0 Å². The first-order chi connectivity index (χ1) is 7.82. The smallest absolute Gasteiger partial charge is 0.382 e. The SMILES string of the molecule is COC[C@@H]1CN(C[C@@H](O)C(F)(F)F)C[C@H](C)O1. The van der Waals surface area contributed by atoms with E-state index in [4.69, 9.17) is 14.6 Å². The van der Waals surface area contributed by atoms with Crippen LogP contribution in [0.4, 0.5) is 13.2 Å². The largest absolute Gasteiger partial charge is 0.415 e. The molecule has 1 N–H and O–H groups in total. The van der Waals surface area contributed by atoms with Crippen molar-refractivity contribution in [3.8, 4) is 0 Å². The molecule has 1 aliphatic heterocycles. The van der Waals surface area contributed by atoms with Crippen LogP contribution in [0.25, 0.3) is 0 Å². The number of hydrogen-bond acceptors (Lipinski definition) is 4. The average Bonchev–Trinajstić information content (AvgIpc) is 2.15. The van der Waals surface area contributed by atoms with Gasteiger partial charge < -0.3 is 14.6 Å². The van der Waals surface area contributed by atoms with Gasteiger partial charge in [0.1, 0.15) is 0 Å². The molecule has 0 unspecified atom stereocenters. The van der Waals surface area contributed by atoms with E-state index in [1.54, 1.807) is 11.8 Å². The highest BCUT2D eigenvalue weighted by Crippen LogP contribution is 2.22. The molecule has 1 aliphatic rings. The van der Waals surface area contributed by atoms with Crippen molar-refractivity contribution in [2.45, 2.75) is 31.4 Å². The van der Waals surface area contributed by atoms with E-state index in [-0.39, 0.29) is 12.2 Å². The van der Waals surface area contributed by atoms with Crippen LogP contribution in [0.3, 0.4) is 0 Å². The fraction of sp³-hybridized carbons (Fsp3) is 1.00. The lowest BCUT2D eigenvalue weighted by atomic mass is 10.2. The molecule has 3 atom stereocenters. The Morgan fingerprint density at radius 1 is 1.47 bits per heavy atom. The first kappa shape index (κ1) is 14.7. The summed E-state index contributed by atoms with van der Waals surface area (Å²) in [5, 5.41) is 9.00. The molecule has 0 aromatic carbocycles. The zero-order chi connectivity index (χ0) is 13.1. The second-order valence-electron chi connectivity index (χ2n) is 4.30. The lowest BCUT2D eigenvalue weighted by Gasteiger charge is -2.37. The normalized spacial score (nSPS) is 29.3. The number of β-amino-alcohol motifs (C(OH)–C–C–N with tert-alkyl or cyclic N) is 1. The predicted molar refractivity (Wildman–Crippen MR) is 54.7 cm³/mol. The number of aliphatic hydroxyl groups excluding tert-OH is 1. The molecule has 0 aromatic rings. The summed E-state index contributed by atoms with van der Waals surface area (Å²) >= 11 is 0. The molecular formula is C10H18F3NO3. The van der Waals surface area contributed by atoms with Crippen molar-refractivity contribution in [1.82, 2.24) is 4.90 Å². The summed E-state index contributed by atoms with van der Waals surface area (Å²) in [6, 6.07) is 0. The minimum Gasteiger partial charge on any atom is -0.382 e. The molecule has 7 heteroatoms. The third-order valence-corrected chi connectivity index (χ3v) is 2.56. The van der Waals surface area contributed by atoms with Gasteiger partial charge >= 0.3 is 6.18 Å². The molecule has 0 aromatic heterocycles. The minimum atomic E-state index is -4.57. The van der Waals surface area contributed by atoms with Crippen molar-refractivity contribution in [1.29, 1.82) is 0 Å². The Morgan fingerprint density at radius 3 is 2.65 bits per heavy atom. The van der Waals surface area contributed by atoms with E-state index in [9.17, 15) is 13.2 Å². The Morgan fingerprint density at radius 2 is 2.12 bits per heavy atom. The summed E-state index contributed by atoms with van der Waals surface area (Å²) < 4.78 is 47.1. The fourth-order valence-electron chi connectivity index (χ4n) is 1.92. The number of alkyl halides is 3. The number of nitrogens with zero attached hydrogens (tertiary/aromatic N) is 1. The summed E-state index contributed by atoms with van der Waals surface area (Å²) in [6.45, 7) is 2.42. The molecule has 0 amide bonds. The van der Waals surface area contributed by atoms with Crippen LogP contribution in [0.2, 0.25) is 0 Å². The molecule has 102 valence electrons. The van der Waals surface area contributed by atoms with Crippen molar-refractivity contribution in [3.05, 3.63) is 0 Å².